The van der Waals surface area contributed by atoms with Crippen LogP contribution in [0.15, 0.2) is 18.2 Å². The maximum atomic E-state index is 14.1. The molecule has 5 heteroatoms. The van der Waals surface area contributed by atoms with E-state index in [9.17, 15) is 9.18 Å². The molecule has 0 radical (unpaired) electrons. The number of piperidine rings is 1. The molecular formula is C18H21FN2O2. The summed E-state index contributed by atoms with van der Waals surface area (Å²) in [6.07, 6.45) is 5.37. The summed E-state index contributed by atoms with van der Waals surface area (Å²) in [5.41, 5.74) is 0.295. The molecule has 2 atom stereocenters. The van der Waals surface area contributed by atoms with E-state index in [1.54, 1.807) is 12.0 Å². The van der Waals surface area contributed by atoms with Gasteiger partial charge in [-0.2, -0.15) is 5.26 Å². The Labute approximate surface area is 135 Å². The van der Waals surface area contributed by atoms with Gasteiger partial charge in [-0.05, 0) is 43.9 Å². The Bertz CT molecular complexity index is 655. The van der Waals surface area contributed by atoms with Crippen LogP contribution in [0.4, 0.5) is 4.39 Å². The quantitative estimate of drug-likeness (QED) is 0.842. The molecule has 122 valence electrons. The van der Waals surface area contributed by atoms with E-state index < -0.39 is 5.82 Å². The van der Waals surface area contributed by atoms with Crippen LogP contribution in [-0.4, -0.2) is 37.1 Å². The van der Waals surface area contributed by atoms with Gasteiger partial charge < -0.3 is 9.64 Å². The van der Waals surface area contributed by atoms with E-state index in [-0.39, 0.29) is 28.6 Å². The number of likely N-dealkylation sites (tertiary alicyclic amines) is 1. The number of nitrogens with zero attached hydrogens (tertiary/aromatic N) is 2. The molecule has 23 heavy (non-hydrogen) atoms. The molecule has 1 aromatic rings. The number of nitriles is 1. The molecule has 0 aromatic heterocycles. The van der Waals surface area contributed by atoms with Crippen molar-refractivity contribution in [3.05, 3.63) is 35.1 Å². The molecule has 1 saturated heterocycles. The standard InChI is InChI=1S/C18H21FN2O2/c1-23-16-4-2-7-18(16)8-3-9-21(12-18)17(22)14-6-5-13(11-20)10-15(14)19/h5-6,10,16H,2-4,7-9,12H2,1H3/t16-,18-/m1/s1. The Morgan fingerprint density at radius 3 is 2.91 bits per heavy atom. The number of rotatable bonds is 2. The van der Waals surface area contributed by atoms with Crippen molar-refractivity contribution in [3.63, 3.8) is 0 Å². The Hall–Kier alpha value is -1.93. The van der Waals surface area contributed by atoms with E-state index in [0.717, 1.165) is 38.2 Å². The van der Waals surface area contributed by atoms with Crippen LogP contribution in [0.1, 0.15) is 48.0 Å². The zero-order chi connectivity index (χ0) is 16.4. The number of ether oxygens (including phenoxy) is 1. The van der Waals surface area contributed by atoms with Crippen molar-refractivity contribution < 1.29 is 13.9 Å². The molecule has 1 aliphatic heterocycles. The lowest BCUT2D eigenvalue weighted by Gasteiger charge is -2.43. The van der Waals surface area contributed by atoms with Gasteiger partial charge in [0.25, 0.3) is 5.91 Å². The van der Waals surface area contributed by atoms with Crippen LogP contribution < -0.4 is 0 Å². The largest absolute Gasteiger partial charge is 0.381 e. The minimum Gasteiger partial charge on any atom is -0.381 e. The first-order chi connectivity index (χ1) is 11.1. The van der Waals surface area contributed by atoms with Crippen LogP contribution in [0.2, 0.25) is 0 Å². The average molecular weight is 316 g/mol. The number of halogens is 1. The summed E-state index contributed by atoms with van der Waals surface area (Å²) in [4.78, 5) is 14.5. The molecule has 0 bridgehead atoms. The van der Waals surface area contributed by atoms with Crippen LogP contribution in [0.25, 0.3) is 0 Å². The van der Waals surface area contributed by atoms with Crippen molar-refractivity contribution in [2.24, 2.45) is 5.41 Å². The second kappa shape index (κ2) is 6.29. The first-order valence-electron chi connectivity index (χ1n) is 8.11. The second-order valence-corrected chi connectivity index (χ2v) is 6.62. The third-order valence-corrected chi connectivity index (χ3v) is 5.33. The van der Waals surface area contributed by atoms with Crippen molar-refractivity contribution in [1.82, 2.24) is 4.90 Å². The lowest BCUT2D eigenvalue weighted by atomic mass is 9.76. The summed E-state index contributed by atoms with van der Waals surface area (Å²) in [5, 5.41) is 8.81. The molecule has 1 aromatic carbocycles. The molecule has 1 saturated carbocycles. The van der Waals surface area contributed by atoms with Crippen molar-refractivity contribution in [2.75, 3.05) is 20.2 Å². The Balaban J connectivity index is 1.81. The molecule has 2 fully saturated rings. The van der Waals surface area contributed by atoms with Crippen LogP contribution in [0.3, 0.4) is 0 Å². The topological polar surface area (TPSA) is 53.3 Å². The van der Waals surface area contributed by atoms with Gasteiger partial charge in [0.2, 0.25) is 0 Å². The molecule has 0 unspecified atom stereocenters. The monoisotopic (exact) mass is 316 g/mol. The van der Waals surface area contributed by atoms with Crippen LogP contribution in [-0.2, 0) is 4.74 Å². The first kappa shape index (κ1) is 15.9. The summed E-state index contributed by atoms with van der Waals surface area (Å²) >= 11 is 0. The fourth-order valence-corrected chi connectivity index (χ4v) is 4.20. The SMILES string of the molecule is CO[C@@H]1CCC[C@]12CCCN(C(=O)c1ccc(C#N)cc1F)C2. The summed E-state index contributed by atoms with van der Waals surface area (Å²) < 4.78 is 19.8. The number of hydrogen-bond donors (Lipinski definition) is 0. The number of methoxy groups -OCH3 is 1. The third kappa shape index (κ3) is 2.84. The Morgan fingerprint density at radius 2 is 2.22 bits per heavy atom. The van der Waals surface area contributed by atoms with Gasteiger partial charge in [-0.25, -0.2) is 4.39 Å². The molecule has 4 nitrogen and oxygen atoms in total. The molecule has 1 amide bonds. The summed E-state index contributed by atoms with van der Waals surface area (Å²) in [7, 11) is 1.73. The van der Waals surface area contributed by atoms with E-state index in [1.165, 1.54) is 12.1 Å². The van der Waals surface area contributed by atoms with Crippen LogP contribution in [0, 0.1) is 22.6 Å². The number of benzene rings is 1. The lowest BCUT2D eigenvalue weighted by Crippen LogP contribution is -2.50. The van der Waals surface area contributed by atoms with Crippen LogP contribution in [0.5, 0.6) is 0 Å². The van der Waals surface area contributed by atoms with Gasteiger partial charge in [0, 0.05) is 25.6 Å². The van der Waals surface area contributed by atoms with Gasteiger partial charge in [0.1, 0.15) is 5.82 Å². The maximum Gasteiger partial charge on any atom is 0.256 e. The molecular weight excluding hydrogens is 295 g/mol. The lowest BCUT2D eigenvalue weighted by molar-refractivity contribution is -0.0296. The Kier molecular flexibility index (Phi) is 4.36. The highest BCUT2D eigenvalue weighted by molar-refractivity contribution is 5.94. The summed E-state index contributed by atoms with van der Waals surface area (Å²) in [5.74, 6) is -0.906. The van der Waals surface area contributed by atoms with Gasteiger partial charge in [-0.3, -0.25) is 4.79 Å². The van der Waals surface area contributed by atoms with Crippen molar-refractivity contribution in [1.29, 1.82) is 5.26 Å². The highest BCUT2D eigenvalue weighted by atomic mass is 19.1. The fraction of sp³-hybridized carbons (Fsp3) is 0.556. The molecule has 2 aliphatic rings. The molecule has 1 spiro atoms. The zero-order valence-corrected chi connectivity index (χ0v) is 13.3. The number of hydrogen-bond acceptors (Lipinski definition) is 3. The van der Waals surface area contributed by atoms with E-state index in [4.69, 9.17) is 10.00 Å². The normalized spacial score (nSPS) is 27.2. The van der Waals surface area contributed by atoms with Crippen molar-refractivity contribution in [2.45, 2.75) is 38.2 Å². The number of carbonyl (C=O) groups excluding carboxylic acids is 1. The van der Waals surface area contributed by atoms with Crippen LogP contribution >= 0.6 is 0 Å². The average Bonchev–Trinajstić information content (AvgIpc) is 2.95. The Morgan fingerprint density at radius 1 is 1.43 bits per heavy atom. The van der Waals surface area contributed by atoms with Crippen molar-refractivity contribution in [3.8, 4) is 6.07 Å². The third-order valence-electron chi connectivity index (χ3n) is 5.33. The molecule has 1 aliphatic carbocycles. The predicted molar refractivity (Wildman–Crippen MR) is 83.3 cm³/mol. The molecule has 0 N–H and O–H groups in total. The highest BCUT2D eigenvalue weighted by Crippen LogP contribution is 2.46. The minimum atomic E-state index is -0.622. The van der Waals surface area contributed by atoms with E-state index in [0.29, 0.717) is 13.1 Å². The predicted octanol–water partition coefficient (Wildman–Crippen LogP) is 3.12. The minimum absolute atomic E-state index is 0.0196. The summed E-state index contributed by atoms with van der Waals surface area (Å²) in [6.45, 7) is 1.28. The van der Waals surface area contributed by atoms with Gasteiger partial charge in [0.05, 0.1) is 23.3 Å². The first-order valence-corrected chi connectivity index (χ1v) is 8.11. The molecule has 3 rings (SSSR count). The highest BCUT2D eigenvalue weighted by Gasteiger charge is 2.46. The maximum absolute atomic E-state index is 14.1. The summed E-state index contributed by atoms with van der Waals surface area (Å²) in [6, 6.07) is 5.92. The van der Waals surface area contributed by atoms with Crippen molar-refractivity contribution >= 4 is 5.91 Å². The van der Waals surface area contributed by atoms with Gasteiger partial charge in [-0.1, -0.05) is 6.42 Å². The van der Waals surface area contributed by atoms with Gasteiger partial charge in [0.15, 0.2) is 0 Å². The van der Waals surface area contributed by atoms with Gasteiger partial charge >= 0.3 is 0 Å². The van der Waals surface area contributed by atoms with Gasteiger partial charge in [-0.15, -0.1) is 0 Å². The number of amides is 1. The fourth-order valence-electron chi connectivity index (χ4n) is 4.20. The second-order valence-electron chi connectivity index (χ2n) is 6.62. The number of carbonyl (C=O) groups is 1. The molecule has 1 heterocycles. The zero-order valence-electron chi connectivity index (χ0n) is 13.3. The van der Waals surface area contributed by atoms with E-state index in [1.807, 2.05) is 6.07 Å². The smallest absolute Gasteiger partial charge is 0.256 e. The van der Waals surface area contributed by atoms with E-state index in [2.05, 4.69) is 0 Å². The van der Waals surface area contributed by atoms with E-state index >= 15 is 0 Å².